The van der Waals surface area contributed by atoms with Crippen molar-refractivity contribution >= 4 is 27.4 Å². The minimum absolute atomic E-state index is 0.0546. The smallest absolute Gasteiger partial charge is 0.257 e. The molecule has 1 heterocycles. The van der Waals surface area contributed by atoms with E-state index in [1.54, 1.807) is 26.2 Å². The van der Waals surface area contributed by atoms with Gasteiger partial charge >= 0.3 is 0 Å². The van der Waals surface area contributed by atoms with E-state index in [0.717, 1.165) is 38.6 Å². The van der Waals surface area contributed by atoms with Gasteiger partial charge in [0.05, 0.1) is 10.6 Å². The van der Waals surface area contributed by atoms with Gasteiger partial charge in [0, 0.05) is 39.0 Å². The van der Waals surface area contributed by atoms with Gasteiger partial charge in [-0.25, -0.2) is 8.42 Å². The van der Waals surface area contributed by atoms with Gasteiger partial charge in [0.25, 0.3) is 5.91 Å². The second-order valence-electron chi connectivity index (χ2n) is 6.20. The third-order valence-electron chi connectivity index (χ3n) is 4.00. The van der Waals surface area contributed by atoms with Gasteiger partial charge in [-0.05, 0) is 37.5 Å². The van der Waals surface area contributed by atoms with Gasteiger partial charge in [0.2, 0.25) is 0 Å². The van der Waals surface area contributed by atoms with E-state index in [2.05, 4.69) is 10.2 Å². The number of piperidine rings is 1. The third kappa shape index (κ3) is 4.25. The molecule has 0 aromatic heterocycles. The lowest BCUT2D eigenvalue weighted by Crippen LogP contribution is -2.39. The summed E-state index contributed by atoms with van der Waals surface area (Å²) < 4.78 is 24.4. The zero-order valence-electron chi connectivity index (χ0n) is 14.3. The van der Waals surface area contributed by atoms with Gasteiger partial charge in [-0.2, -0.15) is 0 Å². The Kier molecular flexibility index (Phi) is 5.48. The first-order valence-electron chi connectivity index (χ1n) is 7.86. The summed E-state index contributed by atoms with van der Waals surface area (Å²) in [6.45, 7) is 1.64. The number of carbonyl (C=O) groups excluding carboxylic acids is 1. The molecule has 132 valence electrons. The highest BCUT2D eigenvalue weighted by Crippen LogP contribution is 2.29. The Morgan fingerprint density at radius 2 is 1.83 bits per heavy atom. The molecule has 0 saturated carbocycles. The highest BCUT2D eigenvalue weighted by Gasteiger charge is 2.22. The van der Waals surface area contributed by atoms with E-state index >= 15 is 0 Å². The summed E-state index contributed by atoms with van der Waals surface area (Å²) in [5, 5.41) is 10.1. The van der Waals surface area contributed by atoms with E-state index in [1.165, 1.54) is 11.0 Å². The van der Waals surface area contributed by atoms with E-state index in [9.17, 15) is 13.2 Å². The second kappa shape index (κ2) is 7.21. The maximum Gasteiger partial charge on any atom is 0.257 e. The van der Waals surface area contributed by atoms with Crippen LogP contribution in [0.25, 0.3) is 0 Å². The fraction of sp³-hybridized carbons (Fsp3) is 0.500. The first-order chi connectivity index (χ1) is 11.2. The SMILES string of the molecule is CN(C)C(=N)NC(=O)c1ccc(N2CCCCC2)c(S(C)(=O)=O)c1. The lowest BCUT2D eigenvalue weighted by molar-refractivity contribution is 0.0973. The van der Waals surface area contributed by atoms with Gasteiger partial charge in [-0.15, -0.1) is 0 Å². The molecule has 0 atom stereocenters. The molecule has 0 aliphatic carbocycles. The van der Waals surface area contributed by atoms with Crippen LogP contribution in [-0.2, 0) is 9.84 Å². The maximum absolute atomic E-state index is 12.2. The summed E-state index contributed by atoms with van der Waals surface area (Å²) in [6, 6.07) is 4.70. The molecule has 1 amide bonds. The van der Waals surface area contributed by atoms with Gasteiger partial charge in [0.1, 0.15) is 0 Å². The number of amides is 1. The highest BCUT2D eigenvalue weighted by atomic mass is 32.2. The standard InChI is InChI=1S/C16H24N4O3S/c1-19(2)16(17)18-15(21)12-7-8-13(14(11-12)24(3,22)23)20-9-5-4-6-10-20/h7-8,11H,4-6,9-10H2,1-3H3,(H2,17,18,21). The van der Waals surface area contributed by atoms with E-state index in [4.69, 9.17) is 5.41 Å². The number of carbonyl (C=O) groups is 1. The van der Waals surface area contributed by atoms with Crippen molar-refractivity contribution in [3.63, 3.8) is 0 Å². The molecular formula is C16H24N4O3S. The van der Waals surface area contributed by atoms with Crippen LogP contribution in [0.5, 0.6) is 0 Å². The second-order valence-corrected chi connectivity index (χ2v) is 8.18. The molecule has 0 spiro atoms. The summed E-state index contributed by atoms with van der Waals surface area (Å²) in [6.07, 6.45) is 4.37. The lowest BCUT2D eigenvalue weighted by atomic mass is 10.1. The van der Waals surface area contributed by atoms with Crippen molar-refractivity contribution in [2.24, 2.45) is 0 Å². The number of benzene rings is 1. The van der Waals surface area contributed by atoms with Crippen molar-refractivity contribution in [1.29, 1.82) is 5.41 Å². The molecule has 7 nitrogen and oxygen atoms in total. The molecule has 1 aliphatic rings. The van der Waals surface area contributed by atoms with Crippen LogP contribution in [0.4, 0.5) is 5.69 Å². The molecule has 1 aromatic carbocycles. The molecule has 0 bridgehead atoms. The molecule has 0 radical (unpaired) electrons. The molecular weight excluding hydrogens is 328 g/mol. The number of anilines is 1. The van der Waals surface area contributed by atoms with Crippen LogP contribution < -0.4 is 10.2 Å². The number of hydrogen-bond acceptors (Lipinski definition) is 5. The number of sulfone groups is 1. The van der Waals surface area contributed by atoms with Crippen molar-refractivity contribution in [1.82, 2.24) is 10.2 Å². The van der Waals surface area contributed by atoms with Crippen LogP contribution in [0.2, 0.25) is 0 Å². The maximum atomic E-state index is 12.2. The summed E-state index contributed by atoms with van der Waals surface area (Å²) in [5.74, 6) is -0.551. The molecule has 1 fully saturated rings. The molecule has 0 unspecified atom stereocenters. The summed E-state index contributed by atoms with van der Waals surface area (Å²) in [5.41, 5.74) is 0.874. The van der Waals surface area contributed by atoms with Gasteiger partial charge in [-0.3, -0.25) is 15.5 Å². The Hall–Kier alpha value is -2.09. The Labute approximate surface area is 143 Å². The molecule has 24 heavy (non-hydrogen) atoms. The van der Waals surface area contributed by atoms with Gasteiger partial charge in [-0.1, -0.05) is 0 Å². The quantitative estimate of drug-likeness (QED) is 0.632. The van der Waals surface area contributed by atoms with Crippen LogP contribution in [0.1, 0.15) is 29.6 Å². The monoisotopic (exact) mass is 352 g/mol. The zero-order chi connectivity index (χ0) is 17.9. The van der Waals surface area contributed by atoms with Crippen LogP contribution in [-0.4, -0.2) is 58.6 Å². The van der Waals surface area contributed by atoms with E-state index in [1.807, 2.05) is 0 Å². The number of nitrogens with one attached hydrogen (secondary N) is 2. The number of rotatable bonds is 3. The normalized spacial score (nSPS) is 15.0. The highest BCUT2D eigenvalue weighted by molar-refractivity contribution is 7.90. The van der Waals surface area contributed by atoms with Crippen LogP contribution in [0.3, 0.4) is 0 Å². The van der Waals surface area contributed by atoms with Crippen LogP contribution in [0.15, 0.2) is 23.1 Å². The zero-order valence-corrected chi connectivity index (χ0v) is 15.1. The molecule has 8 heteroatoms. The average molecular weight is 352 g/mol. The predicted octanol–water partition coefficient (Wildman–Crippen LogP) is 1.31. The third-order valence-corrected chi connectivity index (χ3v) is 5.12. The molecule has 1 aromatic rings. The van der Waals surface area contributed by atoms with Gasteiger partial charge in [0.15, 0.2) is 15.8 Å². The van der Waals surface area contributed by atoms with E-state index < -0.39 is 15.7 Å². The van der Waals surface area contributed by atoms with Crippen molar-refractivity contribution in [2.45, 2.75) is 24.2 Å². The first-order valence-corrected chi connectivity index (χ1v) is 9.75. The van der Waals surface area contributed by atoms with Crippen molar-refractivity contribution in [3.8, 4) is 0 Å². The van der Waals surface area contributed by atoms with Crippen molar-refractivity contribution < 1.29 is 13.2 Å². The van der Waals surface area contributed by atoms with Crippen LogP contribution in [0, 0.1) is 5.41 Å². The Morgan fingerprint density at radius 1 is 1.21 bits per heavy atom. The molecule has 1 aliphatic heterocycles. The Balaban J connectivity index is 2.36. The fourth-order valence-electron chi connectivity index (χ4n) is 2.64. The summed E-state index contributed by atoms with van der Waals surface area (Å²) >= 11 is 0. The van der Waals surface area contributed by atoms with Crippen LogP contribution >= 0.6 is 0 Å². The van der Waals surface area contributed by atoms with Crippen molar-refractivity contribution in [3.05, 3.63) is 23.8 Å². The van der Waals surface area contributed by atoms with E-state index in [0.29, 0.717) is 5.69 Å². The molecule has 2 N–H and O–H groups in total. The van der Waals surface area contributed by atoms with E-state index in [-0.39, 0.29) is 16.4 Å². The average Bonchev–Trinajstić information content (AvgIpc) is 2.54. The minimum atomic E-state index is -3.47. The molecule has 1 saturated heterocycles. The number of guanidine groups is 1. The minimum Gasteiger partial charge on any atom is -0.370 e. The fourth-order valence-corrected chi connectivity index (χ4v) is 3.56. The first kappa shape index (κ1) is 18.3. The molecule has 2 rings (SSSR count). The Morgan fingerprint density at radius 3 is 2.38 bits per heavy atom. The predicted molar refractivity (Wildman–Crippen MR) is 94.5 cm³/mol. The van der Waals surface area contributed by atoms with Crippen molar-refractivity contribution in [2.75, 3.05) is 38.3 Å². The number of hydrogen-bond donors (Lipinski definition) is 2. The topological polar surface area (TPSA) is 93.6 Å². The summed E-state index contributed by atoms with van der Waals surface area (Å²) in [7, 11) is -0.184. The lowest BCUT2D eigenvalue weighted by Gasteiger charge is -2.30. The number of nitrogens with zero attached hydrogens (tertiary/aromatic N) is 2. The largest absolute Gasteiger partial charge is 0.370 e. The Bertz CT molecular complexity index is 738. The van der Waals surface area contributed by atoms with Gasteiger partial charge < -0.3 is 9.80 Å². The summed E-state index contributed by atoms with van der Waals surface area (Å²) in [4.78, 5) is 15.9.